The number of rotatable bonds is 2. The van der Waals surface area contributed by atoms with Gasteiger partial charge in [-0.15, -0.1) is 0 Å². The van der Waals surface area contributed by atoms with E-state index in [1.54, 1.807) is 17.2 Å². The summed E-state index contributed by atoms with van der Waals surface area (Å²) in [4.78, 5) is 32.9. The van der Waals surface area contributed by atoms with Crippen molar-refractivity contribution in [2.45, 2.75) is 43.8 Å². The highest BCUT2D eigenvalue weighted by Gasteiger charge is 2.40. The van der Waals surface area contributed by atoms with Gasteiger partial charge in [0.1, 0.15) is 5.56 Å². The van der Waals surface area contributed by atoms with Gasteiger partial charge in [0.2, 0.25) is 5.43 Å². The molecule has 0 radical (unpaired) electrons. The zero-order chi connectivity index (χ0) is 16.8. The van der Waals surface area contributed by atoms with E-state index in [0.29, 0.717) is 17.5 Å². The van der Waals surface area contributed by atoms with Crippen molar-refractivity contribution in [3.8, 4) is 0 Å². The van der Waals surface area contributed by atoms with Crippen LogP contribution in [0.2, 0.25) is 0 Å². The first kappa shape index (κ1) is 15.4. The van der Waals surface area contributed by atoms with E-state index in [0.717, 1.165) is 18.4 Å². The van der Waals surface area contributed by atoms with E-state index in [1.807, 2.05) is 25.2 Å². The molecule has 0 saturated carbocycles. The predicted octanol–water partition coefficient (Wildman–Crippen LogP) is 2.23. The Balaban J connectivity index is 1.62. The number of nitrogens with zero attached hydrogens (tertiary/aromatic N) is 2. The van der Waals surface area contributed by atoms with Gasteiger partial charge in [-0.1, -0.05) is 12.1 Å². The summed E-state index contributed by atoms with van der Waals surface area (Å²) in [6, 6.07) is 8.67. The Kier molecular flexibility index (Phi) is 3.68. The van der Waals surface area contributed by atoms with Crippen LogP contribution in [0.25, 0.3) is 10.9 Å². The Morgan fingerprint density at radius 1 is 1.21 bits per heavy atom. The van der Waals surface area contributed by atoms with Crippen LogP contribution in [0.3, 0.4) is 0 Å². The second-order valence-corrected chi connectivity index (χ2v) is 7.17. The van der Waals surface area contributed by atoms with Crippen molar-refractivity contribution >= 4 is 16.8 Å². The number of para-hydroxylation sites is 1. The quantitative estimate of drug-likeness (QED) is 0.921. The molecule has 2 atom stereocenters. The largest absolute Gasteiger partial charge is 0.360 e. The molecule has 2 aromatic rings. The molecular formula is C19H23N3O2. The molecule has 1 N–H and O–H groups in total. The third-order valence-electron chi connectivity index (χ3n) is 5.96. The molecule has 5 nitrogen and oxygen atoms in total. The number of aromatic amines is 1. The molecule has 126 valence electrons. The fourth-order valence-corrected chi connectivity index (χ4v) is 4.38. The van der Waals surface area contributed by atoms with Crippen molar-refractivity contribution in [1.29, 1.82) is 0 Å². The maximum absolute atomic E-state index is 12.9. The molecule has 0 aliphatic carbocycles. The first-order valence-corrected chi connectivity index (χ1v) is 8.66. The van der Waals surface area contributed by atoms with Crippen LogP contribution >= 0.6 is 0 Å². The highest BCUT2D eigenvalue weighted by Crippen LogP contribution is 2.36. The fourth-order valence-electron chi connectivity index (χ4n) is 4.38. The number of hydrogen-bond acceptors (Lipinski definition) is 3. The Hall–Kier alpha value is -2.14. The number of carbonyl (C=O) groups is 1. The van der Waals surface area contributed by atoms with E-state index in [1.165, 1.54) is 12.8 Å². The van der Waals surface area contributed by atoms with E-state index in [2.05, 4.69) is 16.9 Å². The molecular weight excluding hydrogens is 302 g/mol. The normalized spacial score (nSPS) is 26.7. The summed E-state index contributed by atoms with van der Waals surface area (Å²) in [5, 5.41) is 0.570. The highest BCUT2D eigenvalue weighted by atomic mass is 16.2. The molecule has 2 fully saturated rings. The van der Waals surface area contributed by atoms with Gasteiger partial charge in [0.25, 0.3) is 5.91 Å². The monoisotopic (exact) mass is 325 g/mol. The van der Waals surface area contributed by atoms with Gasteiger partial charge in [0, 0.05) is 42.3 Å². The molecule has 5 heteroatoms. The lowest BCUT2D eigenvalue weighted by Crippen LogP contribution is -2.49. The van der Waals surface area contributed by atoms with Crippen LogP contribution in [0.4, 0.5) is 0 Å². The number of hydrogen-bond donors (Lipinski definition) is 1. The average Bonchev–Trinajstić information content (AvgIpc) is 2.82. The van der Waals surface area contributed by atoms with Gasteiger partial charge in [0.05, 0.1) is 0 Å². The molecule has 2 saturated heterocycles. The maximum atomic E-state index is 12.9. The van der Waals surface area contributed by atoms with Crippen LogP contribution in [0.15, 0.2) is 35.3 Å². The van der Waals surface area contributed by atoms with Gasteiger partial charge in [-0.25, -0.2) is 0 Å². The smallest absolute Gasteiger partial charge is 0.259 e. The molecule has 1 aromatic heterocycles. The summed E-state index contributed by atoms with van der Waals surface area (Å²) >= 11 is 0. The number of nitrogens with one attached hydrogen (secondary N) is 1. The topological polar surface area (TPSA) is 56.4 Å². The number of amides is 1. The van der Waals surface area contributed by atoms with Gasteiger partial charge >= 0.3 is 0 Å². The fraction of sp³-hybridized carbons (Fsp3) is 0.474. The lowest BCUT2D eigenvalue weighted by atomic mass is 9.96. The number of piperidine rings is 1. The van der Waals surface area contributed by atoms with Crippen molar-refractivity contribution in [3.05, 3.63) is 46.2 Å². The zero-order valence-corrected chi connectivity index (χ0v) is 14.2. The van der Waals surface area contributed by atoms with Crippen LogP contribution < -0.4 is 5.43 Å². The third-order valence-corrected chi connectivity index (χ3v) is 5.96. The van der Waals surface area contributed by atoms with Crippen LogP contribution in [0, 0.1) is 0 Å². The van der Waals surface area contributed by atoms with Gasteiger partial charge in [-0.3, -0.25) is 9.59 Å². The van der Waals surface area contributed by atoms with E-state index < -0.39 is 0 Å². The van der Waals surface area contributed by atoms with Crippen LogP contribution in [0.5, 0.6) is 0 Å². The second kappa shape index (κ2) is 5.74. The van der Waals surface area contributed by atoms with Crippen LogP contribution in [-0.2, 0) is 0 Å². The second-order valence-electron chi connectivity index (χ2n) is 7.17. The van der Waals surface area contributed by atoms with Crippen LogP contribution in [-0.4, -0.2) is 52.9 Å². The lowest BCUT2D eigenvalue weighted by molar-refractivity contribution is 0.0562. The molecule has 2 aliphatic heterocycles. The Morgan fingerprint density at radius 3 is 2.58 bits per heavy atom. The minimum absolute atomic E-state index is 0.170. The first-order chi connectivity index (χ1) is 11.6. The van der Waals surface area contributed by atoms with Crippen molar-refractivity contribution in [3.63, 3.8) is 0 Å². The molecule has 2 bridgehead atoms. The molecule has 24 heavy (non-hydrogen) atoms. The molecule has 1 aromatic carbocycles. The summed E-state index contributed by atoms with van der Waals surface area (Å²) in [5.41, 5.74) is 0.818. The minimum atomic E-state index is -0.183. The van der Waals surface area contributed by atoms with Crippen molar-refractivity contribution in [1.82, 2.24) is 14.8 Å². The Bertz CT molecular complexity index is 830. The predicted molar refractivity (Wildman–Crippen MR) is 94.3 cm³/mol. The van der Waals surface area contributed by atoms with E-state index in [-0.39, 0.29) is 22.9 Å². The van der Waals surface area contributed by atoms with Crippen LogP contribution in [0.1, 0.15) is 36.0 Å². The maximum Gasteiger partial charge on any atom is 0.259 e. The molecule has 0 spiro atoms. The molecule has 2 aliphatic rings. The van der Waals surface area contributed by atoms with E-state index in [9.17, 15) is 9.59 Å². The Labute approximate surface area is 141 Å². The van der Waals surface area contributed by atoms with E-state index >= 15 is 0 Å². The van der Waals surface area contributed by atoms with Gasteiger partial charge < -0.3 is 14.8 Å². The van der Waals surface area contributed by atoms with Gasteiger partial charge in [-0.05, 0) is 44.9 Å². The lowest BCUT2D eigenvalue weighted by Gasteiger charge is -2.40. The van der Waals surface area contributed by atoms with Crippen molar-refractivity contribution < 1.29 is 4.79 Å². The number of benzene rings is 1. The third kappa shape index (κ3) is 2.35. The number of aromatic nitrogens is 1. The highest BCUT2D eigenvalue weighted by molar-refractivity contribution is 5.97. The summed E-state index contributed by atoms with van der Waals surface area (Å²) in [6.07, 6.45) is 6.00. The Morgan fingerprint density at radius 2 is 1.88 bits per heavy atom. The minimum Gasteiger partial charge on any atom is -0.360 e. The van der Waals surface area contributed by atoms with Gasteiger partial charge in [-0.2, -0.15) is 0 Å². The molecule has 1 amide bonds. The summed E-state index contributed by atoms with van der Waals surface area (Å²) in [7, 11) is 4.03. The summed E-state index contributed by atoms with van der Waals surface area (Å²) in [5.74, 6) is -0.170. The standard InChI is InChI=1S/C19H23N3O2/c1-21-12-7-8-13(21)10-14(9-12)22(2)19(24)16-11-20-17-6-4-3-5-15(17)18(16)23/h3-6,11-14H,7-10H2,1-2H3,(H,20,23). The van der Waals surface area contributed by atoms with E-state index in [4.69, 9.17) is 0 Å². The first-order valence-electron chi connectivity index (χ1n) is 8.66. The van der Waals surface area contributed by atoms with Crippen molar-refractivity contribution in [2.24, 2.45) is 0 Å². The molecule has 3 heterocycles. The average molecular weight is 325 g/mol. The summed E-state index contributed by atoms with van der Waals surface area (Å²) in [6.45, 7) is 0. The number of fused-ring (bicyclic) bond motifs is 3. The van der Waals surface area contributed by atoms with Gasteiger partial charge in [0.15, 0.2) is 0 Å². The SMILES string of the molecule is CN(C(=O)c1c[nH]c2ccccc2c1=O)C1CC2CCC(C1)N2C. The number of carbonyl (C=O) groups excluding carboxylic acids is 1. The molecule has 4 rings (SSSR count). The number of H-pyrrole nitrogens is 1. The van der Waals surface area contributed by atoms with Crippen molar-refractivity contribution in [2.75, 3.05) is 14.1 Å². The molecule has 2 unspecified atom stereocenters. The number of pyridine rings is 1. The zero-order valence-electron chi connectivity index (χ0n) is 14.2. The summed E-state index contributed by atoms with van der Waals surface area (Å²) < 4.78 is 0.